The van der Waals surface area contributed by atoms with Gasteiger partial charge in [-0.2, -0.15) is 0 Å². The molecule has 19 heavy (non-hydrogen) atoms. The molecular weight excluding hydrogens is 232 g/mol. The number of para-hydroxylation sites is 1. The third-order valence-electron chi connectivity index (χ3n) is 5.94. The average molecular weight is 254 g/mol. The zero-order valence-corrected chi connectivity index (χ0v) is 11.6. The van der Waals surface area contributed by atoms with Gasteiger partial charge in [-0.25, -0.2) is 0 Å². The molecule has 3 saturated carbocycles. The average Bonchev–Trinajstić information content (AvgIpc) is 2.94. The quantitative estimate of drug-likeness (QED) is 0.839. The van der Waals surface area contributed by atoms with E-state index < -0.39 is 0 Å². The maximum atomic E-state index is 3.60. The number of hydrogen-bond donors (Lipinski definition) is 2. The van der Waals surface area contributed by atoms with Crippen molar-refractivity contribution in [2.45, 2.75) is 49.5 Å². The molecular formula is C17H22N2. The normalized spacial score (nSPS) is 33.9. The predicted octanol–water partition coefficient (Wildman–Crippen LogP) is 3.73. The lowest BCUT2D eigenvalue weighted by atomic mass is 9.55. The third kappa shape index (κ3) is 1.53. The van der Waals surface area contributed by atoms with Crippen molar-refractivity contribution in [3.8, 4) is 0 Å². The summed E-state index contributed by atoms with van der Waals surface area (Å²) in [5.41, 5.74) is 3.77. The highest BCUT2D eigenvalue weighted by Gasteiger charge is 2.49. The van der Waals surface area contributed by atoms with E-state index in [4.69, 9.17) is 0 Å². The maximum absolute atomic E-state index is 3.60. The topological polar surface area (TPSA) is 27.8 Å². The maximum Gasteiger partial charge on any atom is 0.0457 e. The van der Waals surface area contributed by atoms with Gasteiger partial charge in [0.25, 0.3) is 0 Å². The number of benzene rings is 1. The molecule has 1 heterocycles. The zero-order chi connectivity index (χ0) is 12.9. The lowest BCUT2D eigenvalue weighted by Gasteiger charge is -2.53. The van der Waals surface area contributed by atoms with Crippen LogP contribution in [0.5, 0.6) is 0 Å². The Kier molecular flexibility index (Phi) is 2.34. The molecule has 0 radical (unpaired) electrons. The smallest absolute Gasteiger partial charge is 0.0457 e. The van der Waals surface area contributed by atoms with Gasteiger partial charge < -0.3 is 10.3 Å². The Morgan fingerprint density at radius 3 is 2.37 bits per heavy atom. The van der Waals surface area contributed by atoms with Crippen LogP contribution in [0.1, 0.15) is 44.1 Å². The van der Waals surface area contributed by atoms with Gasteiger partial charge in [-0.1, -0.05) is 18.2 Å². The number of fused-ring (bicyclic) bond motifs is 4. The van der Waals surface area contributed by atoms with Crippen LogP contribution in [0, 0.1) is 0 Å². The van der Waals surface area contributed by atoms with Gasteiger partial charge in [-0.3, -0.25) is 0 Å². The summed E-state index contributed by atoms with van der Waals surface area (Å²) in [6, 6.07) is 8.76. The molecule has 3 fully saturated rings. The third-order valence-corrected chi connectivity index (χ3v) is 5.94. The van der Waals surface area contributed by atoms with E-state index in [0.29, 0.717) is 11.0 Å². The highest BCUT2D eigenvalue weighted by molar-refractivity contribution is 5.84. The molecule has 100 valence electrons. The van der Waals surface area contributed by atoms with E-state index >= 15 is 0 Å². The molecule has 0 spiro atoms. The summed E-state index contributed by atoms with van der Waals surface area (Å²) in [6.07, 6.45) is 10.3. The molecule has 2 bridgehead atoms. The van der Waals surface area contributed by atoms with Gasteiger partial charge in [0.15, 0.2) is 0 Å². The van der Waals surface area contributed by atoms with Gasteiger partial charge in [0.1, 0.15) is 0 Å². The molecule has 0 saturated heterocycles. The Hall–Kier alpha value is -1.28. The van der Waals surface area contributed by atoms with Crippen LogP contribution in [0.4, 0.5) is 0 Å². The van der Waals surface area contributed by atoms with Gasteiger partial charge >= 0.3 is 0 Å². The molecule has 3 aliphatic rings. The molecule has 0 atom stereocenters. The number of aromatic nitrogens is 1. The molecule has 5 rings (SSSR count). The summed E-state index contributed by atoms with van der Waals surface area (Å²) < 4.78 is 0. The van der Waals surface area contributed by atoms with Crippen LogP contribution in [-0.2, 0) is 5.41 Å². The Morgan fingerprint density at radius 1 is 1.00 bits per heavy atom. The number of H-pyrrole nitrogens is 1. The van der Waals surface area contributed by atoms with Crippen LogP contribution in [0.2, 0.25) is 0 Å². The van der Waals surface area contributed by atoms with E-state index in [0.717, 1.165) is 0 Å². The van der Waals surface area contributed by atoms with Gasteiger partial charge in [0.2, 0.25) is 0 Å². The summed E-state index contributed by atoms with van der Waals surface area (Å²) in [6.45, 7) is 0. The van der Waals surface area contributed by atoms with E-state index in [2.05, 4.69) is 47.8 Å². The zero-order valence-electron chi connectivity index (χ0n) is 11.6. The van der Waals surface area contributed by atoms with Crippen LogP contribution in [0.25, 0.3) is 10.9 Å². The molecule has 1 aromatic carbocycles. The first-order valence-electron chi connectivity index (χ1n) is 7.53. The van der Waals surface area contributed by atoms with Crippen LogP contribution in [-0.4, -0.2) is 17.6 Å². The Labute approximate surface area is 114 Å². The first-order chi connectivity index (χ1) is 9.27. The first kappa shape index (κ1) is 11.5. The molecule has 0 amide bonds. The minimum absolute atomic E-state index is 0.443. The summed E-state index contributed by atoms with van der Waals surface area (Å²) >= 11 is 0. The highest BCUT2D eigenvalue weighted by atomic mass is 15.0. The van der Waals surface area contributed by atoms with Gasteiger partial charge in [-0.05, 0) is 62.6 Å². The van der Waals surface area contributed by atoms with E-state index in [9.17, 15) is 0 Å². The minimum atomic E-state index is 0.443. The second-order valence-corrected chi connectivity index (χ2v) is 6.56. The second-order valence-electron chi connectivity index (χ2n) is 6.56. The fourth-order valence-electron chi connectivity index (χ4n) is 4.47. The fourth-order valence-corrected chi connectivity index (χ4v) is 4.47. The Morgan fingerprint density at radius 2 is 1.68 bits per heavy atom. The molecule has 1 aromatic heterocycles. The summed E-state index contributed by atoms with van der Waals surface area (Å²) in [4.78, 5) is 3.47. The van der Waals surface area contributed by atoms with Gasteiger partial charge in [0, 0.05) is 22.6 Å². The van der Waals surface area contributed by atoms with Crippen LogP contribution < -0.4 is 5.32 Å². The lowest BCUT2D eigenvalue weighted by molar-refractivity contribution is 0.0843. The largest absolute Gasteiger partial charge is 0.361 e. The number of hydrogen-bond acceptors (Lipinski definition) is 1. The highest BCUT2D eigenvalue weighted by Crippen LogP contribution is 2.54. The van der Waals surface area contributed by atoms with Crippen molar-refractivity contribution >= 4 is 10.9 Å². The van der Waals surface area contributed by atoms with Crippen molar-refractivity contribution in [3.63, 3.8) is 0 Å². The van der Waals surface area contributed by atoms with Crippen molar-refractivity contribution in [3.05, 3.63) is 36.0 Å². The SMILES string of the molecule is CNC12CCC(c3c[nH]c4ccccc34)(CC1)CC2. The van der Waals surface area contributed by atoms with Gasteiger partial charge in [-0.15, -0.1) is 0 Å². The molecule has 0 aliphatic heterocycles. The van der Waals surface area contributed by atoms with Crippen LogP contribution in [0.15, 0.2) is 30.5 Å². The summed E-state index contributed by atoms with van der Waals surface area (Å²) in [5, 5.41) is 5.04. The number of aromatic amines is 1. The molecule has 0 unspecified atom stereocenters. The van der Waals surface area contributed by atoms with Crippen molar-refractivity contribution in [1.82, 2.24) is 10.3 Å². The fraction of sp³-hybridized carbons (Fsp3) is 0.529. The molecule has 2 aromatic rings. The van der Waals surface area contributed by atoms with Crippen molar-refractivity contribution in [1.29, 1.82) is 0 Å². The van der Waals surface area contributed by atoms with Crippen molar-refractivity contribution < 1.29 is 0 Å². The van der Waals surface area contributed by atoms with E-state index in [-0.39, 0.29) is 0 Å². The first-order valence-corrected chi connectivity index (χ1v) is 7.53. The number of rotatable bonds is 2. The van der Waals surface area contributed by atoms with Crippen LogP contribution >= 0.6 is 0 Å². The van der Waals surface area contributed by atoms with E-state index in [1.165, 1.54) is 49.4 Å². The van der Waals surface area contributed by atoms with Crippen molar-refractivity contribution in [2.75, 3.05) is 7.05 Å². The molecule has 2 heteroatoms. The standard InChI is InChI=1S/C17H22N2/c1-18-17-9-6-16(7-10-17,8-11-17)14-12-19-15-5-3-2-4-13(14)15/h2-5,12,18-19H,6-11H2,1H3. The Balaban J connectivity index is 1.77. The Bertz CT molecular complexity index is 586. The van der Waals surface area contributed by atoms with Gasteiger partial charge in [0.05, 0.1) is 0 Å². The van der Waals surface area contributed by atoms with Crippen molar-refractivity contribution in [2.24, 2.45) is 0 Å². The van der Waals surface area contributed by atoms with E-state index in [1.807, 2.05) is 0 Å². The summed E-state index contributed by atoms with van der Waals surface area (Å²) in [5.74, 6) is 0. The molecule has 3 aliphatic carbocycles. The molecule has 2 N–H and O–H groups in total. The lowest BCUT2D eigenvalue weighted by Crippen LogP contribution is -2.54. The summed E-state index contributed by atoms with van der Waals surface area (Å²) in [7, 11) is 2.14. The number of nitrogens with one attached hydrogen (secondary N) is 2. The van der Waals surface area contributed by atoms with Crippen LogP contribution in [0.3, 0.4) is 0 Å². The molecule has 2 nitrogen and oxygen atoms in total. The monoisotopic (exact) mass is 254 g/mol. The minimum Gasteiger partial charge on any atom is -0.361 e. The second kappa shape index (κ2) is 3.86. The predicted molar refractivity (Wildman–Crippen MR) is 79.5 cm³/mol. The van der Waals surface area contributed by atoms with E-state index in [1.54, 1.807) is 5.56 Å².